The zero-order valence-electron chi connectivity index (χ0n) is 23.9. The Hall–Kier alpha value is -3.77. The van der Waals surface area contributed by atoms with Crippen molar-refractivity contribution in [2.75, 3.05) is 39.5 Å². The predicted octanol–water partition coefficient (Wildman–Crippen LogP) is 4.69. The van der Waals surface area contributed by atoms with Gasteiger partial charge in [0, 0.05) is 43.6 Å². The molecule has 13 heteroatoms. The van der Waals surface area contributed by atoms with Gasteiger partial charge in [0.2, 0.25) is 0 Å². The molecule has 2 aliphatic heterocycles. The summed E-state index contributed by atoms with van der Waals surface area (Å²) in [7, 11) is 0. The Kier molecular flexibility index (Phi) is 16.7. The summed E-state index contributed by atoms with van der Waals surface area (Å²) in [6, 6.07) is 3.51. The first-order chi connectivity index (χ1) is 19.7. The van der Waals surface area contributed by atoms with Gasteiger partial charge in [0.15, 0.2) is 0 Å². The minimum Gasteiger partial charge on any atom is -0.461 e. The Morgan fingerprint density at radius 1 is 0.786 bits per heavy atom. The molecule has 12 nitrogen and oxygen atoms in total. The van der Waals surface area contributed by atoms with Crippen molar-refractivity contribution in [2.24, 2.45) is 0 Å². The van der Waals surface area contributed by atoms with Gasteiger partial charge in [-0.05, 0) is 81.5 Å². The molecule has 0 saturated heterocycles. The molecule has 0 bridgehead atoms. The van der Waals surface area contributed by atoms with Crippen molar-refractivity contribution in [3.63, 3.8) is 0 Å². The Labute approximate surface area is 252 Å². The SMILES string of the molecule is C.CCOC(=O)Cl.CCOC(=O)c1cc2c(cn1)CCN(C(=O)OCC)C2.CCOC(=O)c1cc2c(cn1)CCNC2. The molecular weight excluding hydrogens is 568 g/mol. The Morgan fingerprint density at radius 2 is 1.31 bits per heavy atom. The van der Waals surface area contributed by atoms with Crippen LogP contribution >= 0.6 is 11.6 Å². The number of ether oxygens (including phenoxy) is 4. The van der Waals surface area contributed by atoms with Crippen LogP contribution in [0.4, 0.5) is 9.59 Å². The first-order valence-electron chi connectivity index (χ1n) is 13.5. The van der Waals surface area contributed by atoms with Gasteiger partial charge in [-0.3, -0.25) is 0 Å². The molecule has 1 amide bonds. The quantitative estimate of drug-likeness (QED) is 0.277. The van der Waals surface area contributed by atoms with Gasteiger partial charge in [-0.1, -0.05) is 7.43 Å². The topological polar surface area (TPSA) is 146 Å². The van der Waals surface area contributed by atoms with Gasteiger partial charge in [0.25, 0.3) is 0 Å². The number of nitrogens with one attached hydrogen (secondary N) is 1. The number of esters is 2. The molecule has 0 aromatic carbocycles. The highest BCUT2D eigenvalue weighted by Gasteiger charge is 2.23. The molecule has 42 heavy (non-hydrogen) atoms. The lowest BCUT2D eigenvalue weighted by atomic mass is 10.0. The van der Waals surface area contributed by atoms with Crippen LogP contribution in [0.15, 0.2) is 24.5 Å². The molecule has 4 heterocycles. The summed E-state index contributed by atoms with van der Waals surface area (Å²) in [6.07, 6.45) is 4.83. The highest BCUT2D eigenvalue weighted by Crippen LogP contribution is 2.20. The molecule has 232 valence electrons. The molecule has 0 unspecified atom stereocenters. The average Bonchev–Trinajstić information content (AvgIpc) is 2.97. The molecule has 0 atom stereocenters. The van der Waals surface area contributed by atoms with Crippen LogP contribution in [0.5, 0.6) is 0 Å². The number of carbonyl (C=O) groups excluding carboxylic acids is 4. The molecule has 2 aromatic heterocycles. The second-order valence-electron chi connectivity index (χ2n) is 8.59. The van der Waals surface area contributed by atoms with Crippen LogP contribution in [-0.2, 0) is 44.9 Å². The lowest BCUT2D eigenvalue weighted by Gasteiger charge is -2.27. The van der Waals surface area contributed by atoms with Gasteiger partial charge < -0.3 is 29.2 Å². The Balaban J connectivity index is 0.000000354. The van der Waals surface area contributed by atoms with Crippen LogP contribution in [0.1, 0.15) is 78.4 Å². The minimum atomic E-state index is -0.738. The van der Waals surface area contributed by atoms with Crippen molar-refractivity contribution in [2.45, 2.75) is 61.1 Å². The number of pyridine rings is 2. The van der Waals surface area contributed by atoms with E-state index < -0.39 is 11.4 Å². The zero-order valence-corrected chi connectivity index (χ0v) is 24.6. The zero-order chi connectivity index (χ0) is 30.2. The number of fused-ring (bicyclic) bond motifs is 2. The standard InChI is InChI=1S/C14H18N2O4.C11H14N2O2.C3H5ClO2.CH4/c1-3-19-13(17)12-7-11-9-16(14(18)20-4-2)6-5-10(11)8-15-12;1-2-15-11(14)10-5-9-6-12-4-3-8(9)7-13-10;1-2-6-3(4)5;/h7-8H,3-6,9H2,1-2H3;5,7,12H,2-4,6H2,1H3;2H2,1H3;1H4. The molecule has 0 radical (unpaired) electrons. The van der Waals surface area contributed by atoms with Crippen LogP contribution in [-0.4, -0.2) is 77.8 Å². The van der Waals surface area contributed by atoms with Gasteiger partial charge in [-0.25, -0.2) is 29.1 Å². The third-order valence-electron chi connectivity index (χ3n) is 5.82. The normalized spacial score (nSPS) is 12.7. The van der Waals surface area contributed by atoms with Crippen LogP contribution in [0.2, 0.25) is 0 Å². The lowest BCUT2D eigenvalue weighted by molar-refractivity contribution is 0.0509. The molecule has 2 aliphatic rings. The van der Waals surface area contributed by atoms with Crippen molar-refractivity contribution in [3.8, 4) is 0 Å². The summed E-state index contributed by atoms with van der Waals surface area (Å²) in [6.45, 7) is 11.2. The monoisotopic (exact) mass is 608 g/mol. The fourth-order valence-electron chi connectivity index (χ4n) is 3.92. The first-order valence-corrected chi connectivity index (χ1v) is 13.9. The summed E-state index contributed by atoms with van der Waals surface area (Å²) in [4.78, 5) is 54.2. The Bertz CT molecular complexity index is 1190. The second-order valence-corrected chi connectivity index (χ2v) is 8.89. The highest BCUT2D eigenvalue weighted by molar-refractivity contribution is 6.61. The third kappa shape index (κ3) is 11.6. The van der Waals surface area contributed by atoms with Crippen LogP contribution < -0.4 is 5.32 Å². The number of carbonyl (C=O) groups is 4. The molecule has 2 aromatic rings. The van der Waals surface area contributed by atoms with E-state index >= 15 is 0 Å². The molecule has 0 aliphatic carbocycles. The van der Waals surface area contributed by atoms with E-state index in [-0.39, 0.29) is 25.2 Å². The summed E-state index contributed by atoms with van der Waals surface area (Å²) < 4.78 is 19.0. The van der Waals surface area contributed by atoms with Gasteiger partial charge >= 0.3 is 23.5 Å². The average molecular weight is 609 g/mol. The maximum atomic E-state index is 11.7. The Morgan fingerprint density at radius 3 is 1.81 bits per heavy atom. The van der Waals surface area contributed by atoms with Crippen molar-refractivity contribution in [3.05, 3.63) is 58.2 Å². The summed E-state index contributed by atoms with van der Waals surface area (Å²) in [5.74, 6) is -0.783. The van der Waals surface area contributed by atoms with E-state index in [1.807, 2.05) is 6.07 Å². The third-order valence-corrected chi connectivity index (χ3v) is 5.93. The van der Waals surface area contributed by atoms with E-state index in [2.05, 4.69) is 20.0 Å². The van der Waals surface area contributed by atoms with E-state index in [1.54, 1.807) is 51.1 Å². The van der Waals surface area contributed by atoms with Crippen molar-refractivity contribution >= 4 is 35.1 Å². The number of halogens is 1. The lowest BCUT2D eigenvalue weighted by Crippen LogP contribution is -2.36. The van der Waals surface area contributed by atoms with E-state index in [1.165, 1.54) is 5.56 Å². The minimum absolute atomic E-state index is 0. The van der Waals surface area contributed by atoms with Gasteiger partial charge in [0.05, 0.1) is 26.4 Å². The summed E-state index contributed by atoms with van der Waals surface area (Å²) >= 11 is 4.72. The summed E-state index contributed by atoms with van der Waals surface area (Å²) in [5, 5.41) is 3.26. The number of aromatic nitrogens is 2. The fourth-order valence-corrected chi connectivity index (χ4v) is 4.03. The van der Waals surface area contributed by atoms with Crippen LogP contribution in [0.25, 0.3) is 0 Å². The number of nitrogens with zero attached hydrogens (tertiary/aromatic N) is 3. The van der Waals surface area contributed by atoms with E-state index in [0.717, 1.165) is 36.2 Å². The number of rotatable bonds is 6. The predicted molar refractivity (Wildman–Crippen MR) is 157 cm³/mol. The molecular formula is C29H41ClN4O8. The molecule has 4 rings (SSSR count). The summed E-state index contributed by atoms with van der Waals surface area (Å²) in [5.41, 5.74) is 4.29. The highest BCUT2D eigenvalue weighted by atomic mass is 35.5. The van der Waals surface area contributed by atoms with Gasteiger partial charge in [0.1, 0.15) is 11.4 Å². The second kappa shape index (κ2) is 19.4. The molecule has 1 N–H and O–H groups in total. The van der Waals surface area contributed by atoms with Crippen LogP contribution in [0, 0.1) is 0 Å². The maximum Gasteiger partial charge on any atom is 0.410 e. The number of amides is 1. The van der Waals surface area contributed by atoms with E-state index in [4.69, 9.17) is 25.8 Å². The van der Waals surface area contributed by atoms with Crippen LogP contribution in [0.3, 0.4) is 0 Å². The fraction of sp³-hybridized carbons (Fsp3) is 0.517. The number of hydrogen-bond donors (Lipinski definition) is 1. The van der Waals surface area contributed by atoms with Crippen molar-refractivity contribution in [1.29, 1.82) is 0 Å². The van der Waals surface area contributed by atoms with E-state index in [9.17, 15) is 19.2 Å². The number of hydrogen-bond acceptors (Lipinski definition) is 11. The maximum absolute atomic E-state index is 11.7. The van der Waals surface area contributed by atoms with Gasteiger partial charge in [-0.2, -0.15) is 0 Å². The molecule has 0 saturated carbocycles. The molecule has 0 fully saturated rings. The van der Waals surface area contributed by atoms with Crippen molar-refractivity contribution < 1.29 is 38.1 Å². The molecule has 0 spiro atoms. The first kappa shape index (κ1) is 36.3. The van der Waals surface area contributed by atoms with Gasteiger partial charge in [-0.15, -0.1) is 0 Å². The van der Waals surface area contributed by atoms with Crippen molar-refractivity contribution in [1.82, 2.24) is 20.2 Å². The smallest absolute Gasteiger partial charge is 0.410 e. The van der Waals surface area contributed by atoms with E-state index in [0.29, 0.717) is 51.6 Å². The largest absolute Gasteiger partial charge is 0.461 e.